The second-order valence-corrected chi connectivity index (χ2v) is 9.77. The standard InChI is InChI=1S/C31H21BrFN3O4/c1-38-27-11-6-12-28-23(27)16-29(40-28)30-35-25-10-5-3-8-22(25)31(37)36(30)34-17-20-15-21(32)13-14-26(20)39-18-19-7-2-4-9-24(19)33/h2-17H,18H2,1H3. The van der Waals surface area contributed by atoms with E-state index < -0.39 is 0 Å². The number of nitrogens with zero attached hydrogens (tertiary/aromatic N) is 3. The van der Waals surface area contributed by atoms with Gasteiger partial charge in [-0.15, -0.1) is 0 Å². The average molecular weight is 598 g/mol. The van der Waals surface area contributed by atoms with Gasteiger partial charge in [0, 0.05) is 15.6 Å². The first-order valence-corrected chi connectivity index (χ1v) is 13.1. The Balaban J connectivity index is 1.46. The van der Waals surface area contributed by atoms with E-state index in [0.29, 0.717) is 44.9 Å². The molecule has 0 aliphatic heterocycles. The lowest BCUT2D eigenvalue weighted by Gasteiger charge is -2.11. The Morgan fingerprint density at radius 1 is 0.975 bits per heavy atom. The summed E-state index contributed by atoms with van der Waals surface area (Å²) in [4.78, 5) is 18.4. The molecule has 0 spiro atoms. The molecule has 2 heterocycles. The van der Waals surface area contributed by atoms with Crippen molar-refractivity contribution in [3.05, 3.63) is 123 Å². The van der Waals surface area contributed by atoms with Crippen LogP contribution in [0.25, 0.3) is 33.5 Å². The van der Waals surface area contributed by atoms with Gasteiger partial charge in [-0.1, -0.05) is 52.3 Å². The van der Waals surface area contributed by atoms with Crippen LogP contribution in [0.3, 0.4) is 0 Å². The summed E-state index contributed by atoms with van der Waals surface area (Å²) in [6, 6.07) is 26.1. The normalized spacial score (nSPS) is 11.5. The number of rotatable bonds is 7. The Hall–Kier alpha value is -4.76. The van der Waals surface area contributed by atoms with Crippen molar-refractivity contribution in [2.75, 3.05) is 7.11 Å². The van der Waals surface area contributed by atoms with Gasteiger partial charge >= 0.3 is 0 Å². The van der Waals surface area contributed by atoms with Crippen LogP contribution in [-0.4, -0.2) is 23.0 Å². The Bertz CT molecular complexity index is 1960. The van der Waals surface area contributed by atoms with Crippen LogP contribution in [0.4, 0.5) is 4.39 Å². The van der Waals surface area contributed by atoms with Crippen LogP contribution in [0.15, 0.2) is 110 Å². The first-order chi connectivity index (χ1) is 19.5. The van der Waals surface area contributed by atoms with Crippen molar-refractivity contribution in [1.29, 1.82) is 0 Å². The van der Waals surface area contributed by atoms with Crippen molar-refractivity contribution < 1.29 is 18.3 Å². The highest BCUT2D eigenvalue weighted by molar-refractivity contribution is 9.10. The van der Waals surface area contributed by atoms with Crippen molar-refractivity contribution in [2.45, 2.75) is 6.61 Å². The summed E-state index contributed by atoms with van der Waals surface area (Å²) in [6.07, 6.45) is 1.51. The number of aromatic nitrogens is 2. The SMILES string of the molecule is COc1cccc2oc(-c3nc4ccccc4c(=O)n3N=Cc3cc(Br)ccc3OCc3ccccc3F)cc12. The van der Waals surface area contributed by atoms with E-state index in [4.69, 9.17) is 18.9 Å². The predicted molar refractivity (Wildman–Crippen MR) is 156 cm³/mol. The molecule has 9 heteroatoms. The van der Waals surface area contributed by atoms with Crippen LogP contribution >= 0.6 is 15.9 Å². The van der Waals surface area contributed by atoms with E-state index in [1.54, 1.807) is 61.7 Å². The Labute approximate surface area is 236 Å². The van der Waals surface area contributed by atoms with Gasteiger partial charge in [0.15, 0.2) is 5.76 Å². The number of hydrogen-bond acceptors (Lipinski definition) is 6. The third-order valence-electron chi connectivity index (χ3n) is 6.34. The van der Waals surface area contributed by atoms with E-state index in [2.05, 4.69) is 21.0 Å². The number of benzene rings is 4. The van der Waals surface area contributed by atoms with Crippen molar-refractivity contribution in [3.63, 3.8) is 0 Å². The zero-order valence-corrected chi connectivity index (χ0v) is 22.8. The molecular weight excluding hydrogens is 577 g/mol. The second-order valence-electron chi connectivity index (χ2n) is 8.86. The lowest BCUT2D eigenvalue weighted by atomic mass is 10.2. The molecule has 4 aromatic carbocycles. The molecule has 0 atom stereocenters. The molecule has 2 aromatic heterocycles. The van der Waals surface area contributed by atoms with E-state index in [0.717, 1.165) is 9.86 Å². The minimum absolute atomic E-state index is 0.0265. The zero-order valence-electron chi connectivity index (χ0n) is 21.2. The lowest BCUT2D eigenvalue weighted by Crippen LogP contribution is -2.20. The van der Waals surface area contributed by atoms with Gasteiger partial charge in [-0.3, -0.25) is 4.79 Å². The summed E-state index contributed by atoms with van der Waals surface area (Å²) < 4.78 is 33.6. The predicted octanol–water partition coefficient (Wildman–Crippen LogP) is 7.18. The molecule has 0 radical (unpaired) electrons. The third-order valence-corrected chi connectivity index (χ3v) is 6.83. The molecular formula is C31H21BrFN3O4. The van der Waals surface area contributed by atoms with Crippen LogP contribution < -0.4 is 15.0 Å². The van der Waals surface area contributed by atoms with Gasteiger partial charge in [0.1, 0.15) is 29.5 Å². The van der Waals surface area contributed by atoms with Crippen LogP contribution in [0.2, 0.25) is 0 Å². The number of ether oxygens (including phenoxy) is 2. The molecule has 6 rings (SSSR count). The fourth-order valence-corrected chi connectivity index (χ4v) is 4.73. The molecule has 0 aliphatic carbocycles. The molecule has 0 N–H and O–H groups in total. The fraction of sp³-hybridized carbons (Fsp3) is 0.0645. The second kappa shape index (κ2) is 10.8. The van der Waals surface area contributed by atoms with Gasteiger partial charge in [-0.05, 0) is 54.6 Å². The van der Waals surface area contributed by atoms with E-state index in [1.807, 2.05) is 30.3 Å². The zero-order chi connectivity index (χ0) is 27.6. The van der Waals surface area contributed by atoms with Gasteiger partial charge in [-0.2, -0.15) is 9.78 Å². The Morgan fingerprint density at radius 2 is 1.80 bits per heavy atom. The summed E-state index contributed by atoms with van der Waals surface area (Å²) in [7, 11) is 1.58. The summed E-state index contributed by atoms with van der Waals surface area (Å²) in [5, 5.41) is 5.69. The first-order valence-electron chi connectivity index (χ1n) is 12.3. The molecule has 6 aromatic rings. The number of halogens is 2. The maximum atomic E-state index is 14.2. The highest BCUT2D eigenvalue weighted by Crippen LogP contribution is 2.33. The van der Waals surface area contributed by atoms with Crippen molar-refractivity contribution in [1.82, 2.24) is 9.66 Å². The van der Waals surface area contributed by atoms with Gasteiger partial charge < -0.3 is 13.9 Å². The number of para-hydroxylation sites is 1. The molecule has 0 amide bonds. The monoisotopic (exact) mass is 597 g/mol. The minimum Gasteiger partial charge on any atom is -0.496 e. The number of fused-ring (bicyclic) bond motifs is 2. The van der Waals surface area contributed by atoms with E-state index in [-0.39, 0.29) is 23.8 Å². The molecule has 7 nitrogen and oxygen atoms in total. The molecule has 0 bridgehead atoms. The molecule has 0 aliphatic rings. The van der Waals surface area contributed by atoms with Crippen LogP contribution in [0, 0.1) is 5.82 Å². The summed E-state index contributed by atoms with van der Waals surface area (Å²) in [6.45, 7) is 0.0265. The van der Waals surface area contributed by atoms with Crippen molar-refractivity contribution in [3.8, 4) is 23.1 Å². The van der Waals surface area contributed by atoms with E-state index >= 15 is 0 Å². The average Bonchev–Trinajstić information content (AvgIpc) is 3.41. The maximum Gasteiger partial charge on any atom is 0.282 e. The number of methoxy groups -OCH3 is 1. The Morgan fingerprint density at radius 3 is 2.65 bits per heavy atom. The minimum atomic E-state index is -0.368. The topological polar surface area (TPSA) is 78.9 Å². The molecule has 198 valence electrons. The quantitative estimate of drug-likeness (QED) is 0.182. The molecule has 0 saturated heterocycles. The Kier molecular flexibility index (Phi) is 6.88. The smallest absolute Gasteiger partial charge is 0.282 e. The fourth-order valence-electron chi connectivity index (χ4n) is 4.36. The number of hydrogen-bond donors (Lipinski definition) is 0. The molecule has 40 heavy (non-hydrogen) atoms. The van der Waals surface area contributed by atoms with E-state index in [9.17, 15) is 9.18 Å². The third kappa shape index (κ3) is 4.87. The largest absolute Gasteiger partial charge is 0.496 e. The van der Waals surface area contributed by atoms with Crippen LogP contribution in [-0.2, 0) is 6.61 Å². The van der Waals surface area contributed by atoms with E-state index in [1.165, 1.54) is 17.0 Å². The first kappa shape index (κ1) is 25.5. The van der Waals surface area contributed by atoms with Gasteiger partial charge in [0.25, 0.3) is 5.56 Å². The van der Waals surface area contributed by atoms with Gasteiger partial charge in [-0.25, -0.2) is 9.37 Å². The summed E-state index contributed by atoms with van der Waals surface area (Å²) in [5.41, 5.74) is 1.72. The molecule has 0 saturated carbocycles. The highest BCUT2D eigenvalue weighted by Gasteiger charge is 2.18. The van der Waals surface area contributed by atoms with Gasteiger partial charge in [0.05, 0.1) is 29.6 Å². The van der Waals surface area contributed by atoms with Gasteiger partial charge in [0.2, 0.25) is 5.82 Å². The van der Waals surface area contributed by atoms with Crippen molar-refractivity contribution >= 4 is 44.0 Å². The van der Waals surface area contributed by atoms with Crippen LogP contribution in [0.5, 0.6) is 11.5 Å². The van der Waals surface area contributed by atoms with Crippen molar-refractivity contribution in [2.24, 2.45) is 5.10 Å². The van der Waals surface area contributed by atoms with Crippen LogP contribution in [0.1, 0.15) is 11.1 Å². The number of furan rings is 1. The molecule has 0 unspecified atom stereocenters. The lowest BCUT2D eigenvalue weighted by molar-refractivity contribution is 0.299. The molecule has 0 fully saturated rings. The summed E-state index contributed by atoms with van der Waals surface area (Å²) >= 11 is 3.48. The maximum absolute atomic E-state index is 14.2. The summed E-state index contributed by atoms with van der Waals surface area (Å²) in [5.74, 6) is 1.33. The highest BCUT2D eigenvalue weighted by atomic mass is 79.9.